The molecule has 0 saturated heterocycles. The molecule has 0 unspecified atom stereocenters. The second-order valence-electron chi connectivity index (χ2n) is 2.96. The summed E-state index contributed by atoms with van der Waals surface area (Å²) in [6.45, 7) is 1.98. The van der Waals surface area contributed by atoms with Crippen molar-refractivity contribution in [3.8, 4) is 0 Å². The summed E-state index contributed by atoms with van der Waals surface area (Å²) >= 11 is 0. The third-order valence-electron chi connectivity index (χ3n) is 1.86. The van der Waals surface area contributed by atoms with Crippen LogP contribution in [0.25, 0.3) is 0 Å². The highest BCUT2D eigenvalue weighted by Crippen LogP contribution is 2.05. The summed E-state index contributed by atoms with van der Waals surface area (Å²) in [6, 6.07) is 7.50. The van der Waals surface area contributed by atoms with Crippen LogP contribution < -0.4 is 0 Å². The number of carbonyl (C=O) groups excluding carboxylic acids is 1. The van der Waals surface area contributed by atoms with Gasteiger partial charge in [-0.25, -0.2) is 4.79 Å². The van der Waals surface area contributed by atoms with E-state index in [4.69, 9.17) is 4.74 Å². The van der Waals surface area contributed by atoms with Gasteiger partial charge in [-0.2, -0.15) is 0 Å². The molecule has 0 aliphatic heterocycles. The van der Waals surface area contributed by atoms with E-state index >= 15 is 0 Å². The fraction of sp³-hybridized carbons (Fsp3) is 0.273. The Bertz CT molecular complexity index is 368. The third kappa shape index (κ3) is 3.09. The van der Waals surface area contributed by atoms with Crippen LogP contribution in [-0.2, 0) is 9.47 Å². The molecular formula is C11H13NO3. The molecule has 1 rings (SSSR count). The summed E-state index contributed by atoms with van der Waals surface area (Å²) < 4.78 is 9.42. The van der Waals surface area contributed by atoms with Gasteiger partial charge in [-0.05, 0) is 19.1 Å². The molecule has 0 aliphatic rings. The Morgan fingerprint density at radius 3 is 2.20 bits per heavy atom. The minimum absolute atomic E-state index is 0.252. The number of rotatable bonds is 1. The van der Waals surface area contributed by atoms with Crippen LogP contribution in [0.4, 0.5) is 4.79 Å². The highest BCUT2D eigenvalue weighted by atomic mass is 16.5. The standard InChI is InChI=1S/C11H13NO3/c1-8-4-6-9(7-5-8)10(14-2)12-11(13)15-3/h4-7H,1-3H3/b12-10-. The van der Waals surface area contributed by atoms with Crippen molar-refractivity contribution in [3.63, 3.8) is 0 Å². The minimum Gasteiger partial charge on any atom is -0.480 e. The normalized spacial score (nSPS) is 11.0. The van der Waals surface area contributed by atoms with E-state index in [0.717, 1.165) is 11.1 Å². The van der Waals surface area contributed by atoms with Gasteiger partial charge in [-0.15, -0.1) is 4.99 Å². The zero-order valence-corrected chi connectivity index (χ0v) is 8.98. The van der Waals surface area contributed by atoms with Crippen LogP contribution in [0.5, 0.6) is 0 Å². The molecule has 0 spiro atoms. The summed E-state index contributed by atoms with van der Waals surface area (Å²) in [7, 11) is 2.73. The van der Waals surface area contributed by atoms with Crippen LogP contribution in [-0.4, -0.2) is 26.2 Å². The number of ether oxygens (including phenoxy) is 2. The van der Waals surface area contributed by atoms with Gasteiger partial charge in [0, 0.05) is 5.56 Å². The predicted octanol–water partition coefficient (Wildman–Crippen LogP) is 2.15. The lowest BCUT2D eigenvalue weighted by Crippen LogP contribution is -2.07. The van der Waals surface area contributed by atoms with Gasteiger partial charge in [0.15, 0.2) is 0 Å². The van der Waals surface area contributed by atoms with Crippen molar-refractivity contribution in [2.45, 2.75) is 6.92 Å². The van der Waals surface area contributed by atoms with Crippen molar-refractivity contribution >= 4 is 12.0 Å². The Balaban J connectivity index is 2.97. The van der Waals surface area contributed by atoms with Gasteiger partial charge >= 0.3 is 6.09 Å². The first kappa shape index (κ1) is 11.2. The lowest BCUT2D eigenvalue weighted by atomic mass is 10.1. The van der Waals surface area contributed by atoms with E-state index in [1.807, 2.05) is 31.2 Å². The van der Waals surface area contributed by atoms with E-state index in [-0.39, 0.29) is 5.90 Å². The molecule has 1 aromatic rings. The topological polar surface area (TPSA) is 47.9 Å². The zero-order valence-electron chi connectivity index (χ0n) is 8.98. The number of hydrogen-bond donors (Lipinski definition) is 0. The summed E-state index contributed by atoms with van der Waals surface area (Å²) in [4.78, 5) is 14.6. The maximum Gasteiger partial charge on any atom is 0.436 e. The average Bonchev–Trinajstić information content (AvgIpc) is 2.27. The molecule has 0 aromatic heterocycles. The first-order valence-electron chi connectivity index (χ1n) is 4.45. The number of aliphatic imine (C=N–C) groups is 1. The van der Waals surface area contributed by atoms with Gasteiger partial charge in [0.25, 0.3) is 0 Å². The van der Waals surface area contributed by atoms with Crippen molar-refractivity contribution in [3.05, 3.63) is 35.4 Å². The van der Waals surface area contributed by atoms with Gasteiger partial charge in [0.05, 0.1) is 14.2 Å². The molecule has 4 heteroatoms. The number of carbonyl (C=O) groups is 1. The molecule has 0 fully saturated rings. The van der Waals surface area contributed by atoms with Crippen LogP contribution in [0, 0.1) is 6.92 Å². The van der Waals surface area contributed by atoms with Crippen LogP contribution in [0.2, 0.25) is 0 Å². The lowest BCUT2D eigenvalue weighted by molar-refractivity contribution is 0.181. The molecule has 0 N–H and O–H groups in total. The van der Waals surface area contributed by atoms with Crippen molar-refractivity contribution in [1.29, 1.82) is 0 Å². The highest BCUT2D eigenvalue weighted by molar-refractivity contribution is 5.99. The van der Waals surface area contributed by atoms with Gasteiger partial charge < -0.3 is 9.47 Å². The second-order valence-corrected chi connectivity index (χ2v) is 2.96. The Kier molecular flexibility index (Phi) is 3.85. The van der Waals surface area contributed by atoms with E-state index < -0.39 is 6.09 Å². The van der Waals surface area contributed by atoms with Crippen molar-refractivity contribution < 1.29 is 14.3 Å². The maximum absolute atomic E-state index is 10.9. The highest BCUT2D eigenvalue weighted by Gasteiger charge is 2.06. The Morgan fingerprint density at radius 2 is 1.73 bits per heavy atom. The lowest BCUT2D eigenvalue weighted by Gasteiger charge is -2.04. The fourth-order valence-corrected chi connectivity index (χ4v) is 1.05. The number of nitrogens with zero attached hydrogens (tertiary/aromatic N) is 1. The fourth-order valence-electron chi connectivity index (χ4n) is 1.05. The Labute approximate surface area is 88.5 Å². The third-order valence-corrected chi connectivity index (χ3v) is 1.86. The quantitative estimate of drug-likeness (QED) is 0.523. The molecule has 80 valence electrons. The smallest absolute Gasteiger partial charge is 0.436 e. The molecule has 15 heavy (non-hydrogen) atoms. The summed E-state index contributed by atoms with van der Waals surface area (Å²) in [5.41, 5.74) is 1.88. The monoisotopic (exact) mass is 207 g/mol. The minimum atomic E-state index is -0.674. The van der Waals surface area contributed by atoms with Crippen LogP contribution in [0.3, 0.4) is 0 Å². The van der Waals surface area contributed by atoms with Crippen molar-refractivity contribution in [2.24, 2.45) is 4.99 Å². The average molecular weight is 207 g/mol. The first-order chi connectivity index (χ1) is 7.17. The van der Waals surface area contributed by atoms with Gasteiger partial charge in [-0.1, -0.05) is 17.7 Å². The molecule has 4 nitrogen and oxygen atoms in total. The molecule has 1 amide bonds. The summed E-state index contributed by atoms with van der Waals surface area (Å²) in [5.74, 6) is 0.252. The Morgan fingerprint density at radius 1 is 1.13 bits per heavy atom. The SMILES string of the molecule is COC(=O)/N=C(\OC)c1ccc(C)cc1. The molecule has 0 atom stereocenters. The van der Waals surface area contributed by atoms with Gasteiger partial charge in [-0.3, -0.25) is 0 Å². The second kappa shape index (κ2) is 5.14. The molecule has 0 heterocycles. The Hall–Kier alpha value is -1.84. The van der Waals surface area contributed by atoms with Crippen molar-refractivity contribution in [2.75, 3.05) is 14.2 Å². The van der Waals surface area contributed by atoms with Gasteiger partial charge in [0.1, 0.15) is 0 Å². The van der Waals surface area contributed by atoms with E-state index in [0.29, 0.717) is 0 Å². The molecule has 0 bridgehead atoms. The molecule has 0 radical (unpaired) electrons. The van der Waals surface area contributed by atoms with E-state index in [9.17, 15) is 4.79 Å². The molecule has 1 aromatic carbocycles. The summed E-state index contributed by atoms with van der Waals surface area (Å²) in [6.07, 6.45) is -0.674. The largest absolute Gasteiger partial charge is 0.480 e. The molecule has 0 aliphatic carbocycles. The molecular weight excluding hydrogens is 194 g/mol. The number of methoxy groups -OCH3 is 2. The summed E-state index contributed by atoms with van der Waals surface area (Å²) in [5, 5.41) is 0. The molecule has 0 saturated carbocycles. The maximum atomic E-state index is 10.9. The zero-order chi connectivity index (χ0) is 11.3. The van der Waals surface area contributed by atoms with Gasteiger partial charge in [0.2, 0.25) is 5.90 Å². The van der Waals surface area contributed by atoms with Crippen LogP contribution >= 0.6 is 0 Å². The van der Waals surface area contributed by atoms with E-state index in [1.54, 1.807) is 0 Å². The number of amides is 1. The number of hydrogen-bond acceptors (Lipinski definition) is 3. The number of aryl methyl sites for hydroxylation is 1. The van der Waals surface area contributed by atoms with Crippen LogP contribution in [0.1, 0.15) is 11.1 Å². The predicted molar refractivity (Wildman–Crippen MR) is 57.1 cm³/mol. The van der Waals surface area contributed by atoms with E-state index in [2.05, 4.69) is 9.73 Å². The van der Waals surface area contributed by atoms with Crippen LogP contribution in [0.15, 0.2) is 29.3 Å². The number of benzene rings is 1. The first-order valence-corrected chi connectivity index (χ1v) is 4.45. The van der Waals surface area contributed by atoms with E-state index in [1.165, 1.54) is 14.2 Å². The van der Waals surface area contributed by atoms with Crippen molar-refractivity contribution in [1.82, 2.24) is 0 Å².